The molecule has 174 valence electrons. The molecule has 0 aliphatic carbocycles. The molecule has 0 aliphatic rings. The molecule has 0 radical (unpaired) electrons. The fourth-order valence-corrected chi connectivity index (χ4v) is 4.22. The van der Waals surface area contributed by atoms with Gasteiger partial charge in [-0.1, -0.05) is 36.4 Å². The summed E-state index contributed by atoms with van der Waals surface area (Å²) >= 11 is 0. The highest BCUT2D eigenvalue weighted by molar-refractivity contribution is 5.27. The van der Waals surface area contributed by atoms with Crippen LogP contribution in [0.2, 0.25) is 0 Å². The maximum Gasteiger partial charge on any atom is 0.178 e. The number of aryl methyl sites for hydroxylation is 6. The number of nitrogens with zero attached hydrogens (tertiary/aromatic N) is 2. The number of pyridine rings is 2. The van der Waals surface area contributed by atoms with Gasteiger partial charge in [-0.15, -0.1) is 0 Å². The Hall–Kier alpha value is -1.52. The Morgan fingerprint density at radius 1 is 0.500 bits per heavy atom. The Labute approximate surface area is 216 Å². The topological polar surface area (TPSA) is 7.76 Å². The lowest BCUT2D eigenvalue weighted by molar-refractivity contribution is -0.703. The zero-order valence-corrected chi connectivity index (χ0v) is 22.8. The summed E-state index contributed by atoms with van der Waals surface area (Å²) in [5, 5.41) is 0. The van der Waals surface area contributed by atoms with Gasteiger partial charge in [-0.05, 0) is 49.7 Å². The van der Waals surface area contributed by atoms with Gasteiger partial charge in [0.15, 0.2) is 23.8 Å². The van der Waals surface area contributed by atoms with E-state index in [0.717, 1.165) is 13.1 Å². The zero-order chi connectivity index (χ0) is 21.0. The summed E-state index contributed by atoms with van der Waals surface area (Å²) in [6, 6.07) is 22.0. The van der Waals surface area contributed by atoms with Gasteiger partial charge in [-0.2, -0.15) is 0 Å². The molecule has 0 saturated carbocycles. The third-order valence-corrected chi connectivity index (χ3v) is 6.14. The minimum Gasteiger partial charge on any atom is -1.00 e. The van der Waals surface area contributed by atoms with Crippen LogP contribution in [0.5, 0.6) is 0 Å². The van der Waals surface area contributed by atoms with Crippen LogP contribution in [0.4, 0.5) is 0 Å². The molecule has 1 aromatic carbocycles. The first-order valence-electron chi connectivity index (χ1n) is 11.7. The third-order valence-electron chi connectivity index (χ3n) is 6.14. The van der Waals surface area contributed by atoms with E-state index in [2.05, 4.69) is 96.0 Å². The Balaban J connectivity index is 0.00000256. The van der Waals surface area contributed by atoms with Gasteiger partial charge in [0.1, 0.15) is 13.1 Å². The Kier molecular flexibility index (Phi) is 14.4. The van der Waals surface area contributed by atoms with Crippen molar-refractivity contribution in [3.8, 4) is 0 Å². The maximum atomic E-state index is 2.36. The van der Waals surface area contributed by atoms with E-state index < -0.39 is 0 Å². The molecule has 4 heteroatoms. The minimum absolute atomic E-state index is 0. The first-order chi connectivity index (χ1) is 14.7. The van der Waals surface area contributed by atoms with Crippen molar-refractivity contribution in [2.45, 2.75) is 78.3 Å². The van der Waals surface area contributed by atoms with Crippen molar-refractivity contribution in [3.63, 3.8) is 0 Å². The summed E-state index contributed by atoms with van der Waals surface area (Å²) in [6.07, 6.45) is 14.5. The van der Waals surface area contributed by atoms with Gasteiger partial charge in [0.05, 0.1) is 0 Å². The Morgan fingerprint density at radius 3 is 1.31 bits per heavy atom. The van der Waals surface area contributed by atoms with Crippen LogP contribution < -0.4 is 43.1 Å². The van der Waals surface area contributed by atoms with Gasteiger partial charge in [0, 0.05) is 51.0 Å². The predicted octanol–water partition coefficient (Wildman–Crippen LogP) is -0.288. The van der Waals surface area contributed by atoms with Crippen LogP contribution >= 0.6 is 0 Å². The van der Waals surface area contributed by atoms with Gasteiger partial charge in [-0.25, -0.2) is 9.13 Å². The van der Waals surface area contributed by atoms with Crippen molar-refractivity contribution in [2.75, 3.05) is 0 Å². The highest BCUT2D eigenvalue weighted by atomic mass is 79.9. The molecule has 2 aromatic heterocycles. The second-order valence-electron chi connectivity index (χ2n) is 8.46. The van der Waals surface area contributed by atoms with Crippen LogP contribution in [0, 0.1) is 13.8 Å². The van der Waals surface area contributed by atoms with Crippen LogP contribution in [0.25, 0.3) is 0 Å². The average Bonchev–Trinajstić information content (AvgIpc) is 2.76. The van der Waals surface area contributed by atoms with E-state index in [-0.39, 0.29) is 34.0 Å². The molecule has 2 heterocycles. The largest absolute Gasteiger partial charge is 1.00 e. The van der Waals surface area contributed by atoms with Crippen LogP contribution in [-0.2, 0) is 25.9 Å². The van der Waals surface area contributed by atoms with E-state index >= 15 is 0 Å². The summed E-state index contributed by atoms with van der Waals surface area (Å²) < 4.78 is 4.73. The van der Waals surface area contributed by atoms with Gasteiger partial charge >= 0.3 is 0 Å². The summed E-state index contributed by atoms with van der Waals surface area (Å²) in [5.41, 5.74) is 5.83. The van der Waals surface area contributed by atoms with Gasteiger partial charge < -0.3 is 34.0 Å². The zero-order valence-electron chi connectivity index (χ0n) is 19.6. The maximum absolute atomic E-state index is 2.36. The highest BCUT2D eigenvalue weighted by Gasteiger charge is 2.06. The molecule has 0 fully saturated rings. The van der Waals surface area contributed by atoms with E-state index in [4.69, 9.17) is 0 Å². The normalized spacial score (nSPS) is 10.3. The Morgan fingerprint density at radius 2 is 0.906 bits per heavy atom. The quantitative estimate of drug-likeness (QED) is 0.212. The van der Waals surface area contributed by atoms with Gasteiger partial charge in [0.25, 0.3) is 0 Å². The fraction of sp³-hybridized carbons (Fsp3) is 0.429. The minimum atomic E-state index is 0. The summed E-state index contributed by atoms with van der Waals surface area (Å²) in [6.45, 7) is 6.65. The number of aromatic nitrogens is 2. The molecular formula is C28H38Br2N2. The van der Waals surface area contributed by atoms with Crippen LogP contribution in [0.1, 0.15) is 61.0 Å². The van der Waals surface area contributed by atoms with E-state index in [1.54, 1.807) is 11.1 Å². The van der Waals surface area contributed by atoms with Gasteiger partial charge in [0.2, 0.25) is 0 Å². The molecule has 2 nitrogen and oxygen atoms in total. The molecule has 0 N–H and O–H groups in total. The number of hydrogen-bond donors (Lipinski definition) is 0. The first-order valence-corrected chi connectivity index (χ1v) is 11.7. The number of benzene rings is 1. The number of halogens is 2. The second kappa shape index (κ2) is 16.1. The summed E-state index contributed by atoms with van der Waals surface area (Å²) in [7, 11) is 0. The van der Waals surface area contributed by atoms with Crippen LogP contribution in [0.3, 0.4) is 0 Å². The van der Waals surface area contributed by atoms with Crippen molar-refractivity contribution >= 4 is 0 Å². The molecule has 0 bridgehead atoms. The molecule has 0 atom stereocenters. The van der Waals surface area contributed by atoms with Crippen molar-refractivity contribution in [1.82, 2.24) is 0 Å². The fourth-order valence-electron chi connectivity index (χ4n) is 4.22. The molecule has 0 amide bonds. The summed E-state index contributed by atoms with van der Waals surface area (Å²) in [4.78, 5) is 0. The smallest absolute Gasteiger partial charge is 0.178 e. The van der Waals surface area contributed by atoms with E-state index in [1.165, 1.54) is 62.8 Å². The lowest BCUT2D eigenvalue weighted by Gasteiger charge is -2.09. The SMILES string of the molecule is Cc1cccc[n+]1CCCCCc1ccccc1CCCCC[n+]1ccccc1C.[Br-].[Br-]. The van der Waals surface area contributed by atoms with E-state index in [0.29, 0.717) is 0 Å². The first kappa shape index (κ1) is 28.5. The van der Waals surface area contributed by atoms with E-state index in [1.807, 2.05) is 0 Å². The third kappa shape index (κ3) is 9.54. The van der Waals surface area contributed by atoms with Crippen LogP contribution in [-0.4, -0.2) is 0 Å². The van der Waals surface area contributed by atoms with Crippen molar-refractivity contribution in [3.05, 3.63) is 95.6 Å². The van der Waals surface area contributed by atoms with Crippen molar-refractivity contribution < 1.29 is 43.1 Å². The second-order valence-corrected chi connectivity index (χ2v) is 8.46. The molecule has 0 aliphatic heterocycles. The molecule has 3 aromatic rings. The molecule has 3 rings (SSSR count). The highest BCUT2D eigenvalue weighted by Crippen LogP contribution is 2.16. The van der Waals surface area contributed by atoms with Crippen LogP contribution in [0.15, 0.2) is 73.1 Å². The number of unbranched alkanes of at least 4 members (excludes halogenated alkanes) is 4. The van der Waals surface area contributed by atoms with Crippen molar-refractivity contribution in [2.24, 2.45) is 0 Å². The lowest BCUT2D eigenvalue weighted by Crippen LogP contribution is -3.00. The summed E-state index contributed by atoms with van der Waals surface area (Å²) in [5.74, 6) is 0. The molecule has 0 unspecified atom stereocenters. The molecule has 0 spiro atoms. The molecule has 0 saturated heterocycles. The van der Waals surface area contributed by atoms with E-state index in [9.17, 15) is 0 Å². The van der Waals surface area contributed by atoms with Gasteiger partial charge in [-0.3, -0.25) is 0 Å². The number of hydrogen-bond acceptors (Lipinski definition) is 0. The number of rotatable bonds is 12. The Bertz CT molecular complexity index is 837. The predicted molar refractivity (Wildman–Crippen MR) is 124 cm³/mol. The standard InChI is InChI=1S/C28H38N2.2BrH/c1-25-15-9-13-23-29(25)21-11-3-5-17-27-19-7-8-20-28(27)18-6-4-12-22-30-24-14-10-16-26(30)2;;/h7-10,13-16,19-20,23-24H,3-6,11-12,17-18,21-22H2,1-2H3;2*1H/q+2;;/p-2. The molecule has 32 heavy (non-hydrogen) atoms. The average molecular weight is 562 g/mol. The lowest BCUT2D eigenvalue weighted by atomic mass is 9.97. The molecular weight excluding hydrogens is 524 g/mol. The van der Waals surface area contributed by atoms with Crippen molar-refractivity contribution in [1.29, 1.82) is 0 Å². The monoisotopic (exact) mass is 560 g/mol.